The lowest BCUT2D eigenvalue weighted by atomic mass is 9.95. The van der Waals surface area contributed by atoms with Gasteiger partial charge in [-0.05, 0) is 54.2 Å². The molecule has 0 saturated carbocycles. The number of alkyl carbamates (subject to hydrolysis) is 1. The van der Waals surface area contributed by atoms with Gasteiger partial charge >= 0.3 is 18.0 Å². The summed E-state index contributed by atoms with van der Waals surface area (Å²) in [7, 11) is 0. The van der Waals surface area contributed by atoms with E-state index < -0.39 is 35.7 Å². The van der Waals surface area contributed by atoms with Crippen LogP contribution in [0.2, 0.25) is 0 Å². The predicted molar refractivity (Wildman–Crippen MR) is 143 cm³/mol. The highest BCUT2D eigenvalue weighted by Crippen LogP contribution is 2.44. The number of esters is 1. The van der Waals surface area contributed by atoms with Gasteiger partial charge in [-0.25, -0.2) is 14.4 Å². The number of nitrogens with two attached hydrogens (primary N) is 1. The molecule has 4 N–H and O–H groups in total. The minimum atomic E-state index is -1.29. The average molecular weight is 517 g/mol. The Morgan fingerprint density at radius 2 is 1.47 bits per heavy atom. The number of carboxylic acid groups (broad SMARTS) is 1. The molecule has 0 spiro atoms. The molecular weight excluding hydrogens is 484 g/mol. The predicted octanol–water partition coefficient (Wildman–Crippen LogP) is 4.56. The Hall–Kier alpha value is -4.17. The molecule has 38 heavy (non-hydrogen) atoms. The molecule has 3 aromatic carbocycles. The minimum Gasteiger partial charge on any atom is -0.480 e. The van der Waals surface area contributed by atoms with E-state index in [1.54, 1.807) is 45.0 Å². The molecule has 3 aromatic rings. The minimum absolute atomic E-state index is 0.0618. The van der Waals surface area contributed by atoms with Crippen molar-refractivity contribution in [2.45, 2.75) is 50.8 Å². The normalized spacial score (nSPS) is 14.1. The van der Waals surface area contributed by atoms with E-state index in [-0.39, 0.29) is 18.9 Å². The van der Waals surface area contributed by atoms with Crippen LogP contribution in [0.1, 0.15) is 55.0 Å². The van der Waals surface area contributed by atoms with Crippen LogP contribution in [-0.2, 0) is 25.5 Å². The van der Waals surface area contributed by atoms with Crippen molar-refractivity contribution in [2.24, 2.45) is 5.73 Å². The van der Waals surface area contributed by atoms with Gasteiger partial charge in [-0.15, -0.1) is 0 Å². The third-order valence-corrected chi connectivity index (χ3v) is 6.41. The first-order chi connectivity index (χ1) is 18.0. The van der Waals surface area contributed by atoms with Gasteiger partial charge in [-0.2, -0.15) is 0 Å². The van der Waals surface area contributed by atoms with E-state index in [1.165, 1.54) is 0 Å². The molecule has 1 amide bonds. The highest BCUT2D eigenvalue weighted by Gasteiger charge is 2.31. The standard InChI is InChI=1S/C30H32N2O6/c1-30(2,3)38-28(35)26(31)19-11-5-4-10-18(19)16-25(27(33)34)32-29(36)37-17-24-22-14-8-6-12-20(22)21-13-7-9-15-23(21)24/h4-15,24-26H,16-17,31H2,1-3H3,(H,32,36)(H,33,34). The molecule has 0 aliphatic heterocycles. The first-order valence-electron chi connectivity index (χ1n) is 12.5. The van der Waals surface area contributed by atoms with Gasteiger partial charge in [0.15, 0.2) is 0 Å². The number of ether oxygens (including phenoxy) is 2. The number of carboxylic acids is 1. The number of benzene rings is 3. The lowest BCUT2D eigenvalue weighted by molar-refractivity contribution is -0.156. The van der Waals surface area contributed by atoms with Crippen molar-refractivity contribution in [2.75, 3.05) is 6.61 Å². The largest absolute Gasteiger partial charge is 0.480 e. The Kier molecular flexibility index (Phi) is 7.83. The summed E-state index contributed by atoms with van der Waals surface area (Å²) in [6.45, 7) is 5.28. The van der Waals surface area contributed by atoms with Gasteiger partial charge in [0.05, 0.1) is 0 Å². The third kappa shape index (κ3) is 6.03. The molecule has 2 atom stereocenters. The SMILES string of the molecule is CC(C)(C)OC(=O)C(N)c1ccccc1CC(NC(=O)OCC1c2ccccc2-c2ccccc21)C(=O)O. The van der Waals surface area contributed by atoms with Crippen LogP contribution in [-0.4, -0.2) is 41.4 Å². The molecule has 1 aliphatic rings. The molecule has 0 fully saturated rings. The zero-order valence-electron chi connectivity index (χ0n) is 21.6. The topological polar surface area (TPSA) is 128 Å². The van der Waals surface area contributed by atoms with Crippen molar-refractivity contribution in [1.29, 1.82) is 0 Å². The van der Waals surface area contributed by atoms with Crippen molar-refractivity contribution in [3.8, 4) is 11.1 Å². The smallest absolute Gasteiger partial charge is 0.407 e. The number of rotatable bonds is 8. The van der Waals surface area contributed by atoms with Crippen LogP contribution >= 0.6 is 0 Å². The van der Waals surface area contributed by atoms with Crippen LogP contribution in [0, 0.1) is 0 Å². The molecular formula is C30H32N2O6. The van der Waals surface area contributed by atoms with E-state index >= 15 is 0 Å². The Labute approximate surface area is 221 Å². The average Bonchev–Trinajstić information content (AvgIpc) is 3.19. The maximum atomic E-state index is 12.7. The van der Waals surface area contributed by atoms with Crippen LogP contribution in [0.15, 0.2) is 72.8 Å². The lowest BCUT2D eigenvalue weighted by Gasteiger charge is -2.24. The van der Waals surface area contributed by atoms with Crippen molar-refractivity contribution < 1.29 is 29.0 Å². The van der Waals surface area contributed by atoms with Gasteiger partial charge in [0, 0.05) is 12.3 Å². The van der Waals surface area contributed by atoms with Crippen LogP contribution < -0.4 is 11.1 Å². The van der Waals surface area contributed by atoms with E-state index in [0.29, 0.717) is 11.1 Å². The number of fused-ring (bicyclic) bond motifs is 3. The second-order valence-corrected chi connectivity index (χ2v) is 10.3. The van der Waals surface area contributed by atoms with E-state index in [9.17, 15) is 19.5 Å². The first-order valence-corrected chi connectivity index (χ1v) is 12.5. The molecule has 1 aliphatic carbocycles. The van der Waals surface area contributed by atoms with Gasteiger partial charge < -0.3 is 25.6 Å². The number of aliphatic carboxylic acids is 1. The Morgan fingerprint density at radius 1 is 0.921 bits per heavy atom. The van der Waals surface area contributed by atoms with Crippen molar-refractivity contribution in [3.05, 3.63) is 95.1 Å². The number of amides is 1. The molecule has 4 rings (SSSR count). The Bertz CT molecular complexity index is 1300. The first kappa shape index (κ1) is 26.9. The molecule has 0 radical (unpaired) electrons. The maximum Gasteiger partial charge on any atom is 0.407 e. The van der Waals surface area contributed by atoms with Crippen LogP contribution in [0.4, 0.5) is 4.79 Å². The fourth-order valence-corrected chi connectivity index (χ4v) is 4.72. The van der Waals surface area contributed by atoms with E-state index in [1.807, 2.05) is 48.5 Å². The maximum absolute atomic E-state index is 12.7. The van der Waals surface area contributed by atoms with Crippen LogP contribution in [0.25, 0.3) is 11.1 Å². The summed E-state index contributed by atoms with van der Waals surface area (Å²) in [5.41, 5.74) is 10.7. The highest BCUT2D eigenvalue weighted by molar-refractivity contribution is 5.82. The van der Waals surface area contributed by atoms with Gasteiger partial charge in [0.2, 0.25) is 0 Å². The van der Waals surface area contributed by atoms with Gasteiger partial charge in [0.1, 0.15) is 24.3 Å². The molecule has 198 valence electrons. The van der Waals surface area contributed by atoms with Crippen molar-refractivity contribution >= 4 is 18.0 Å². The van der Waals surface area contributed by atoms with Crippen molar-refractivity contribution in [1.82, 2.24) is 5.32 Å². The zero-order chi connectivity index (χ0) is 27.4. The van der Waals surface area contributed by atoms with Crippen LogP contribution in [0.5, 0.6) is 0 Å². The highest BCUT2D eigenvalue weighted by atomic mass is 16.6. The summed E-state index contributed by atoms with van der Waals surface area (Å²) in [5.74, 6) is -2.01. The summed E-state index contributed by atoms with van der Waals surface area (Å²) in [6.07, 6.45) is -0.931. The number of carbonyl (C=O) groups is 3. The molecule has 0 heterocycles. The number of hydrogen-bond acceptors (Lipinski definition) is 6. The molecule has 8 nitrogen and oxygen atoms in total. The fraction of sp³-hybridized carbons (Fsp3) is 0.300. The molecule has 0 aromatic heterocycles. The third-order valence-electron chi connectivity index (χ3n) is 6.41. The summed E-state index contributed by atoms with van der Waals surface area (Å²) in [6, 6.07) is 20.3. The van der Waals surface area contributed by atoms with Gasteiger partial charge in [-0.3, -0.25) is 0 Å². The summed E-state index contributed by atoms with van der Waals surface area (Å²) in [4.78, 5) is 37.3. The molecule has 0 bridgehead atoms. The quantitative estimate of drug-likeness (QED) is 0.374. The van der Waals surface area contributed by atoms with E-state index in [2.05, 4.69) is 5.32 Å². The fourth-order valence-electron chi connectivity index (χ4n) is 4.72. The van der Waals surface area contributed by atoms with Gasteiger partial charge in [0.25, 0.3) is 0 Å². The second kappa shape index (κ2) is 11.1. The Morgan fingerprint density at radius 3 is 2.05 bits per heavy atom. The second-order valence-electron chi connectivity index (χ2n) is 10.3. The monoisotopic (exact) mass is 516 g/mol. The van der Waals surface area contributed by atoms with E-state index in [0.717, 1.165) is 22.3 Å². The van der Waals surface area contributed by atoms with Gasteiger partial charge in [-0.1, -0.05) is 72.8 Å². The van der Waals surface area contributed by atoms with Crippen molar-refractivity contribution in [3.63, 3.8) is 0 Å². The number of carbonyl (C=O) groups excluding carboxylic acids is 2. The number of nitrogens with one attached hydrogen (secondary N) is 1. The zero-order valence-corrected chi connectivity index (χ0v) is 21.6. The summed E-state index contributed by atoms with van der Waals surface area (Å²) < 4.78 is 10.9. The lowest BCUT2D eigenvalue weighted by Crippen LogP contribution is -2.43. The summed E-state index contributed by atoms with van der Waals surface area (Å²) >= 11 is 0. The van der Waals surface area contributed by atoms with Crippen LogP contribution in [0.3, 0.4) is 0 Å². The molecule has 0 saturated heterocycles. The number of hydrogen-bond donors (Lipinski definition) is 3. The summed E-state index contributed by atoms with van der Waals surface area (Å²) in [5, 5.41) is 12.3. The van der Waals surface area contributed by atoms with E-state index in [4.69, 9.17) is 15.2 Å². The molecule has 2 unspecified atom stereocenters. The molecule has 8 heteroatoms. The Balaban J connectivity index is 1.44.